The van der Waals surface area contributed by atoms with Crippen molar-refractivity contribution in [3.8, 4) is 0 Å². The lowest BCUT2D eigenvalue weighted by molar-refractivity contribution is 0.139. The van der Waals surface area contributed by atoms with E-state index in [1.54, 1.807) is 7.11 Å². The monoisotopic (exact) mass is 291 g/mol. The van der Waals surface area contributed by atoms with Crippen LogP contribution in [0.1, 0.15) is 37.9 Å². The van der Waals surface area contributed by atoms with Crippen LogP contribution in [0.4, 0.5) is 5.82 Å². The van der Waals surface area contributed by atoms with E-state index in [1.807, 2.05) is 0 Å². The summed E-state index contributed by atoms with van der Waals surface area (Å²) in [6.45, 7) is 10.4. The summed E-state index contributed by atoms with van der Waals surface area (Å²) in [5.41, 5.74) is 2.43. The standard InChI is InChI=1S/C17H29N3O/c1-13(2)18-11-16-5-6-17(19-14(16)3)20-9-7-15(8-10-20)12-21-4/h5-6,13,15,18H,7-12H2,1-4H3. The number of pyridine rings is 1. The van der Waals surface area contributed by atoms with Crippen LogP contribution in [0, 0.1) is 12.8 Å². The van der Waals surface area contributed by atoms with Crippen molar-refractivity contribution in [1.29, 1.82) is 0 Å². The van der Waals surface area contributed by atoms with E-state index in [4.69, 9.17) is 9.72 Å². The van der Waals surface area contributed by atoms with Crippen molar-refractivity contribution < 1.29 is 4.74 Å². The van der Waals surface area contributed by atoms with E-state index in [9.17, 15) is 0 Å². The summed E-state index contributed by atoms with van der Waals surface area (Å²) in [5, 5.41) is 3.45. The maximum Gasteiger partial charge on any atom is 0.128 e. The highest BCUT2D eigenvalue weighted by molar-refractivity contribution is 5.42. The molecule has 1 N–H and O–H groups in total. The molecule has 1 aliphatic heterocycles. The Morgan fingerprint density at radius 3 is 2.62 bits per heavy atom. The Morgan fingerprint density at radius 1 is 1.33 bits per heavy atom. The molecule has 2 rings (SSSR count). The molecular weight excluding hydrogens is 262 g/mol. The molecule has 0 bridgehead atoms. The van der Waals surface area contributed by atoms with Gasteiger partial charge < -0.3 is 15.0 Å². The van der Waals surface area contributed by atoms with Crippen molar-refractivity contribution in [2.75, 3.05) is 31.7 Å². The van der Waals surface area contributed by atoms with E-state index in [2.05, 4.69) is 43.1 Å². The van der Waals surface area contributed by atoms with Crippen molar-refractivity contribution in [2.24, 2.45) is 5.92 Å². The first kappa shape index (κ1) is 16.2. The molecule has 0 unspecified atom stereocenters. The number of rotatable bonds is 6. The van der Waals surface area contributed by atoms with Gasteiger partial charge in [-0.2, -0.15) is 0 Å². The van der Waals surface area contributed by atoms with Crippen LogP contribution in [0.2, 0.25) is 0 Å². The van der Waals surface area contributed by atoms with Crippen LogP contribution >= 0.6 is 0 Å². The van der Waals surface area contributed by atoms with Gasteiger partial charge in [-0.3, -0.25) is 0 Å². The molecular formula is C17H29N3O. The average molecular weight is 291 g/mol. The van der Waals surface area contributed by atoms with Crippen molar-refractivity contribution >= 4 is 5.82 Å². The lowest BCUT2D eigenvalue weighted by Crippen LogP contribution is -2.35. The van der Waals surface area contributed by atoms with Gasteiger partial charge in [0.2, 0.25) is 0 Å². The number of hydrogen-bond acceptors (Lipinski definition) is 4. The molecule has 4 heteroatoms. The second kappa shape index (κ2) is 7.76. The lowest BCUT2D eigenvalue weighted by Gasteiger charge is -2.32. The van der Waals surface area contributed by atoms with Crippen LogP contribution in [0.5, 0.6) is 0 Å². The Labute approximate surface area is 128 Å². The van der Waals surface area contributed by atoms with Gasteiger partial charge in [0, 0.05) is 45.1 Å². The van der Waals surface area contributed by atoms with Gasteiger partial charge in [0.25, 0.3) is 0 Å². The maximum atomic E-state index is 5.26. The molecule has 1 aromatic rings. The number of ether oxygens (including phenoxy) is 1. The third-order valence-electron chi connectivity index (χ3n) is 4.22. The van der Waals surface area contributed by atoms with E-state index in [-0.39, 0.29) is 0 Å². The van der Waals surface area contributed by atoms with Crippen LogP contribution in [0.25, 0.3) is 0 Å². The highest BCUT2D eigenvalue weighted by atomic mass is 16.5. The Balaban J connectivity index is 1.94. The Morgan fingerprint density at radius 2 is 2.05 bits per heavy atom. The average Bonchev–Trinajstić information content (AvgIpc) is 2.47. The number of aromatic nitrogens is 1. The molecule has 2 heterocycles. The maximum absolute atomic E-state index is 5.26. The SMILES string of the molecule is COCC1CCN(c2ccc(CNC(C)C)c(C)n2)CC1. The van der Waals surface area contributed by atoms with Gasteiger partial charge in [-0.05, 0) is 37.3 Å². The summed E-state index contributed by atoms with van der Waals surface area (Å²) in [6.07, 6.45) is 2.40. The number of methoxy groups -OCH3 is 1. The minimum Gasteiger partial charge on any atom is -0.384 e. The van der Waals surface area contributed by atoms with Gasteiger partial charge in [-0.25, -0.2) is 4.98 Å². The quantitative estimate of drug-likeness (QED) is 0.874. The van der Waals surface area contributed by atoms with Crippen molar-refractivity contribution in [3.05, 3.63) is 23.4 Å². The van der Waals surface area contributed by atoms with Crippen molar-refractivity contribution in [2.45, 2.75) is 46.2 Å². The Bertz CT molecular complexity index is 440. The summed E-state index contributed by atoms with van der Waals surface area (Å²) in [4.78, 5) is 7.20. The molecule has 0 aromatic carbocycles. The van der Waals surface area contributed by atoms with Gasteiger partial charge in [0.15, 0.2) is 0 Å². The van der Waals surface area contributed by atoms with E-state index in [0.29, 0.717) is 12.0 Å². The summed E-state index contributed by atoms with van der Waals surface area (Å²) in [6, 6.07) is 4.89. The smallest absolute Gasteiger partial charge is 0.128 e. The van der Waals surface area contributed by atoms with Crippen LogP contribution in [0.15, 0.2) is 12.1 Å². The third-order valence-corrected chi connectivity index (χ3v) is 4.22. The molecule has 4 nitrogen and oxygen atoms in total. The molecule has 0 amide bonds. The summed E-state index contributed by atoms with van der Waals surface area (Å²) in [5.74, 6) is 1.83. The van der Waals surface area contributed by atoms with E-state index >= 15 is 0 Å². The third kappa shape index (κ3) is 4.68. The Kier molecular flexibility index (Phi) is 6.00. The largest absolute Gasteiger partial charge is 0.384 e. The zero-order valence-electron chi connectivity index (χ0n) is 13.9. The van der Waals surface area contributed by atoms with Crippen molar-refractivity contribution in [1.82, 2.24) is 10.3 Å². The summed E-state index contributed by atoms with van der Waals surface area (Å²) >= 11 is 0. The molecule has 0 radical (unpaired) electrons. The molecule has 21 heavy (non-hydrogen) atoms. The van der Waals surface area contributed by atoms with Crippen LogP contribution in [-0.2, 0) is 11.3 Å². The normalized spacial score (nSPS) is 16.7. The zero-order chi connectivity index (χ0) is 15.2. The second-order valence-corrected chi connectivity index (χ2v) is 6.34. The van der Waals surface area contributed by atoms with Crippen LogP contribution in [-0.4, -0.2) is 37.8 Å². The topological polar surface area (TPSA) is 37.4 Å². The molecule has 0 spiro atoms. The molecule has 1 fully saturated rings. The van der Waals surface area contributed by atoms with E-state index in [0.717, 1.165) is 37.8 Å². The minimum atomic E-state index is 0.504. The first-order valence-corrected chi connectivity index (χ1v) is 8.04. The molecule has 0 saturated carbocycles. The van der Waals surface area contributed by atoms with Gasteiger partial charge in [-0.1, -0.05) is 19.9 Å². The molecule has 0 aliphatic carbocycles. The van der Waals surface area contributed by atoms with E-state index in [1.165, 1.54) is 18.4 Å². The minimum absolute atomic E-state index is 0.504. The van der Waals surface area contributed by atoms with Gasteiger partial charge in [0.1, 0.15) is 5.82 Å². The molecule has 118 valence electrons. The predicted molar refractivity (Wildman–Crippen MR) is 87.8 cm³/mol. The highest BCUT2D eigenvalue weighted by Gasteiger charge is 2.20. The lowest BCUT2D eigenvalue weighted by atomic mass is 9.98. The molecule has 1 saturated heterocycles. The molecule has 1 aromatic heterocycles. The Hall–Kier alpha value is -1.13. The number of nitrogens with zero attached hydrogens (tertiary/aromatic N) is 2. The van der Waals surface area contributed by atoms with Crippen LogP contribution < -0.4 is 10.2 Å². The fraction of sp³-hybridized carbons (Fsp3) is 0.706. The first-order chi connectivity index (χ1) is 10.1. The fourth-order valence-electron chi connectivity index (χ4n) is 2.82. The van der Waals surface area contributed by atoms with E-state index < -0.39 is 0 Å². The number of nitrogens with one attached hydrogen (secondary N) is 1. The van der Waals surface area contributed by atoms with Crippen molar-refractivity contribution in [3.63, 3.8) is 0 Å². The fourth-order valence-corrected chi connectivity index (χ4v) is 2.82. The predicted octanol–water partition coefficient (Wildman–Crippen LogP) is 2.75. The van der Waals surface area contributed by atoms with Gasteiger partial charge in [-0.15, -0.1) is 0 Å². The first-order valence-electron chi connectivity index (χ1n) is 8.04. The number of anilines is 1. The number of hydrogen-bond donors (Lipinski definition) is 1. The molecule has 1 aliphatic rings. The van der Waals surface area contributed by atoms with Gasteiger partial charge in [0.05, 0.1) is 0 Å². The number of piperidine rings is 1. The van der Waals surface area contributed by atoms with Gasteiger partial charge >= 0.3 is 0 Å². The summed E-state index contributed by atoms with van der Waals surface area (Å²) < 4.78 is 5.26. The van der Waals surface area contributed by atoms with Crippen LogP contribution in [0.3, 0.4) is 0 Å². The number of aryl methyl sites for hydroxylation is 1. The highest BCUT2D eigenvalue weighted by Crippen LogP contribution is 2.23. The molecule has 0 atom stereocenters. The zero-order valence-corrected chi connectivity index (χ0v) is 13.9. The second-order valence-electron chi connectivity index (χ2n) is 6.34. The summed E-state index contributed by atoms with van der Waals surface area (Å²) in [7, 11) is 1.79.